The van der Waals surface area contributed by atoms with Crippen molar-refractivity contribution >= 4 is 23.2 Å². The van der Waals surface area contributed by atoms with Gasteiger partial charge in [0.1, 0.15) is 5.75 Å². The summed E-state index contributed by atoms with van der Waals surface area (Å²) in [5.74, 6) is 0.0135. The molecule has 0 aliphatic rings. The number of aryl methyl sites for hydroxylation is 1. The van der Waals surface area contributed by atoms with Gasteiger partial charge in [-0.3, -0.25) is 9.59 Å². The highest BCUT2D eigenvalue weighted by atomic mass is 16.5. The third-order valence-corrected chi connectivity index (χ3v) is 3.77. The highest BCUT2D eigenvalue weighted by molar-refractivity contribution is 6.05. The van der Waals surface area contributed by atoms with Gasteiger partial charge in [-0.2, -0.15) is 0 Å². The van der Waals surface area contributed by atoms with Crippen LogP contribution in [0.2, 0.25) is 0 Å². The van der Waals surface area contributed by atoms with Crippen molar-refractivity contribution in [3.8, 4) is 5.75 Å². The highest BCUT2D eigenvalue weighted by Gasteiger charge is 2.13. The van der Waals surface area contributed by atoms with Crippen LogP contribution in [-0.2, 0) is 0 Å². The van der Waals surface area contributed by atoms with Gasteiger partial charge in [-0.05, 0) is 43.3 Å². The molecule has 0 aliphatic carbocycles. The third-order valence-electron chi connectivity index (χ3n) is 3.77. The van der Waals surface area contributed by atoms with E-state index in [0.717, 1.165) is 5.56 Å². The molecule has 3 rings (SSSR count). The summed E-state index contributed by atoms with van der Waals surface area (Å²) in [4.78, 5) is 24.4. The van der Waals surface area contributed by atoms with Crippen molar-refractivity contribution < 1.29 is 18.7 Å². The number of ether oxygens (including phenoxy) is 1. The first-order chi connectivity index (χ1) is 12.6. The Labute approximate surface area is 150 Å². The minimum absolute atomic E-state index is 0.198. The predicted octanol–water partition coefficient (Wildman–Crippen LogP) is 4.10. The van der Waals surface area contributed by atoms with Gasteiger partial charge in [0.2, 0.25) is 0 Å². The molecule has 0 radical (unpaired) electrons. The summed E-state index contributed by atoms with van der Waals surface area (Å²) in [5.41, 5.74) is 2.68. The minimum atomic E-state index is -0.384. The molecule has 0 unspecified atom stereocenters. The summed E-state index contributed by atoms with van der Waals surface area (Å²) in [6, 6.07) is 15.5. The number of hydrogen-bond donors (Lipinski definition) is 2. The molecule has 0 saturated heterocycles. The van der Waals surface area contributed by atoms with E-state index in [9.17, 15) is 9.59 Å². The number of rotatable bonds is 5. The Morgan fingerprint density at radius 2 is 1.73 bits per heavy atom. The minimum Gasteiger partial charge on any atom is -0.494 e. The smallest absolute Gasteiger partial charge is 0.291 e. The maximum absolute atomic E-state index is 12.3. The van der Waals surface area contributed by atoms with Crippen molar-refractivity contribution in [1.82, 2.24) is 0 Å². The molecule has 1 aromatic heterocycles. The SMILES string of the molecule is COc1cc(NC(=O)c2ccc(C)cc2)ccc1NC(=O)c1ccco1. The van der Waals surface area contributed by atoms with Crippen molar-refractivity contribution in [1.29, 1.82) is 0 Å². The first-order valence-corrected chi connectivity index (χ1v) is 7.98. The first-order valence-electron chi connectivity index (χ1n) is 7.98. The monoisotopic (exact) mass is 350 g/mol. The average molecular weight is 350 g/mol. The molecule has 0 fully saturated rings. The van der Waals surface area contributed by atoms with Crippen LogP contribution >= 0.6 is 0 Å². The standard InChI is InChI=1S/C20H18N2O4/c1-13-5-7-14(8-6-13)19(23)21-15-9-10-16(18(12-15)25-2)22-20(24)17-4-3-11-26-17/h3-12H,1-2H3,(H,21,23)(H,22,24). The Balaban J connectivity index is 1.74. The van der Waals surface area contributed by atoms with Crippen molar-refractivity contribution in [2.24, 2.45) is 0 Å². The number of hydrogen-bond acceptors (Lipinski definition) is 4. The van der Waals surface area contributed by atoms with Crippen LogP contribution in [0.1, 0.15) is 26.5 Å². The summed E-state index contributed by atoms with van der Waals surface area (Å²) >= 11 is 0. The van der Waals surface area contributed by atoms with Crippen LogP contribution in [0.15, 0.2) is 65.3 Å². The number of anilines is 2. The molecule has 6 nitrogen and oxygen atoms in total. The Hall–Kier alpha value is -3.54. The zero-order chi connectivity index (χ0) is 18.5. The number of furan rings is 1. The zero-order valence-corrected chi connectivity index (χ0v) is 14.4. The van der Waals surface area contributed by atoms with Gasteiger partial charge in [0.25, 0.3) is 11.8 Å². The lowest BCUT2D eigenvalue weighted by Gasteiger charge is -2.12. The van der Waals surface area contributed by atoms with Crippen LogP contribution in [-0.4, -0.2) is 18.9 Å². The molecule has 3 aromatic rings. The number of benzene rings is 2. The number of amides is 2. The second kappa shape index (κ2) is 7.57. The predicted molar refractivity (Wildman–Crippen MR) is 98.8 cm³/mol. The largest absolute Gasteiger partial charge is 0.494 e. The lowest BCUT2D eigenvalue weighted by molar-refractivity contribution is 0.0994. The summed E-state index contributed by atoms with van der Waals surface area (Å²) in [5, 5.41) is 5.52. The molecule has 0 aliphatic heterocycles. The van der Waals surface area contributed by atoms with E-state index in [1.54, 1.807) is 42.5 Å². The van der Waals surface area contributed by atoms with Crippen LogP contribution < -0.4 is 15.4 Å². The van der Waals surface area contributed by atoms with Gasteiger partial charge in [0, 0.05) is 17.3 Å². The van der Waals surface area contributed by atoms with Crippen LogP contribution in [0.25, 0.3) is 0 Å². The molecule has 0 saturated carbocycles. The summed E-state index contributed by atoms with van der Waals surface area (Å²) < 4.78 is 10.4. The van der Waals surface area contributed by atoms with Gasteiger partial charge in [-0.1, -0.05) is 17.7 Å². The van der Waals surface area contributed by atoms with E-state index >= 15 is 0 Å². The summed E-state index contributed by atoms with van der Waals surface area (Å²) in [6.07, 6.45) is 1.43. The summed E-state index contributed by atoms with van der Waals surface area (Å²) in [7, 11) is 1.49. The maximum atomic E-state index is 12.3. The average Bonchev–Trinajstić information content (AvgIpc) is 3.18. The van der Waals surface area contributed by atoms with Crippen molar-refractivity contribution in [2.45, 2.75) is 6.92 Å². The van der Waals surface area contributed by atoms with Crippen LogP contribution in [0, 0.1) is 6.92 Å². The van der Waals surface area contributed by atoms with Crippen LogP contribution in [0.4, 0.5) is 11.4 Å². The number of carbonyl (C=O) groups is 2. The Morgan fingerprint density at radius 1 is 0.962 bits per heavy atom. The van der Waals surface area contributed by atoms with E-state index in [4.69, 9.17) is 9.15 Å². The number of nitrogens with one attached hydrogen (secondary N) is 2. The van der Waals surface area contributed by atoms with E-state index in [-0.39, 0.29) is 17.6 Å². The molecule has 26 heavy (non-hydrogen) atoms. The van der Waals surface area contributed by atoms with Crippen molar-refractivity contribution in [2.75, 3.05) is 17.7 Å². The Bertz CT molecular complexity index is 915. The summed E-state index contributed by atoms with van der Waals surface area (Å²) in [6.45, 7) is 1.96. The van der Waals surface area contributed by atoms with Gasteiger partial charge in [0.15, 0.2) is 5.76 Å². The van der Waals surface area contributed by atoms with E-state index in [2.05, 4.69) is 10.6 Å². The Kier molecular flexibility index (Phi) is 5.03. The molecule has 6 heteroatoms. The maximum Gasteiger partial charge on any atom is 0.291 e. The number of methoxy groups -OCH3 is 1. The van der Waals surface area contributed by atoms with E-state index in [0.29, 0.717) is 22.7 Å². The van der Waals surface area contributed by atoms with Gasteiger partial charge < -0.3 is 19.8 Å². The lowest BCUT2D eigenvalue weighted by atomic mass is 10.1. The Morgan fingerprint density at radius 3 is 2.38 bits per heavy atom. The van der Waals surface area contributed by atoms with Gasteiger partial charge >= 0.3 is 0 Å². The fourth-order valence-corrected chi connectivity index (χ4v) is 2.37. The zero-order valence-electron chi connectivity index (χ0n) is 14.4. The van der Waals surface area contributed by atoms with Crippen molar-refractivity contribution in [3.63, 3.8) is 0 Å². The second-order valence-corrected chi connectivity index (χ2v) is 5.67. The first kappa shape index (κ1) is 17.3. The normalized spacial score (nSPS) is 10.2. The molecule has 2 amide bonds. The van der Waals surface area contributed by atoms with Crippen LogP contribution in [0.5, 0.6) is 5.75 Å². The highest BCUT2D eigenvalue weighted by Crippen LogP contribution is 2.28. The van der Waals surface area contributed by atoms with E-state index in [1.807, 2.05) is 19.1 Å². The van der Waals surface area contributed by atoms with Gasteiger partial charge in [0.05, 0.1) is 19.1 Å². The topological polar surface area (TPSA) is 80.6 Å². The molecule has 0 bridgehead atoms. The number of carbonyl (C=O) groups excluding carboxylic acids is 2. The molecular formula is C20H18N2O4. The van der Waals surface area contributed by atoms with E-state index in [1.165, 1.54) is 13.4 Å². The molecular weight excluding hydrogens is 332 g/mol. The second-order valence-electron chi connectivity index (χ2n) is 5.67. The van der Waals surface area contributed by atoms with Gasteiger partial charge in [-0.25, -0.2) is 0 Å². The molecule has 132 valence electrons. The van der Waals surface area contributed by atoms with E-state index < -0.39 is 0 Å². The van der Waals surface area contributed by atoms with Crippen LogP contribution in [0.3, 0.4) is 0 Å². The fourth-order valence-electron chi connectivity index (χ4n) is 2.37. The molecule has 1 heterocycles. The third kappa shape index (κ3) is 3.92. The molecule has 0 atom stereocenters. The quantitative estimate of drug-likeness (QED) is 0.726. The fraction of sp³-hybridized carbons (Fsp3) is 0.100. The van der Waals surface area contributed by atoms with Gasteiger partial charge in [-0.15, -0.1) is 0 Å². The van der Waals surface area contributed by atoms with Crippen molar-refractivity contribution in [3.05, 3.63) is 77.7 Å². The lowest BCUT2D eigenvalue weighted by Crippen LogP contribution is -2.13. The molecule has 2 N–H and O–H groups in total. The molecule has 0 spiro atoms. The molecule has 2 aromatic carbocycles.